The van der Waals surface area contributed by atoms with Gasteiger partial charge in [-0.3, -0.25) is 0 Å². The van der Waals surface area contributed by atoms with Gasteiger partial charge in [0.25, 0.3) is 0 Å². The molecule has 0 heterocycles. The molecule has 0 saturated carbocycles. The van der Waals surface area contributed by atoms with Crippen LogP contribution in [0.15, 0.2) is 29.2 Å². The summed E-state index contributed by atoms with van der Waals surface area (Å²) < 4.78 is 0. The van der Waals surface area contributed by atoms with Crippen LogP contribution in [0, 0.1) is 0 Å². The summed E-state index contributed by atoms with van der Waals surface area (Å²) >= 11 is 4.50. The van der Waals surface area contributed by atoms with Gasteiger partial charge in [-0.25, -0.2) is 0 Å². The minimum Gasteiger partial charge on any atom is -0.327 e. The van der Waals surface area contributed by atoms with Gasteiger partial charge in [0, 0.05) is 10.9 Å². The highest BCUT2D eigenvalue weighted by Crippen LogP contribution is 2.29. The molecule has 2 N–H and O–H groups in total. The maximum Gasteiger partial charge on any atom is 0.0108 e. The van der Waals surface area contributed by atoms with Crippen LogP contribution in [-0.2, 0) is 0 Å². The highest BCUT2D eigenvalue weighted by molar-refractivity contribution is 7.80. The summed E-state index contributed by atoms with van der Waals surface area (Å²) in [4.78, 5) is 1.07. The van der Waals surface area contributed by atoms with Crippen molar-refractivity contribution in [1.29, 1.82) is 0 Å². The summed E-state index contributed by atoms with van der Waals surface area (Å²) in [5.74, 6) is 0.443. The van der Waals surface area contributed by atoms with Crippen LogP contribution in [0.25, 0.3) is 0 Å². The molecule has 1 rings (SSSR count). The van der Waals surface area contributed by atoms with E-state index in [0.717, 1.165) is 24.2 Å². The van der Waals surface area contributed by atoms with E-state index in [-0.39, 0.29) is 6.04 Å². The van der Waals surface area contributed by atoms with Gasteiger partial charge in [-0.1, -0.05) is 38.5 Å². The van der Waals surface area contributed by atoms with Gasteiger partial charge in [-0.05, 0) is 30.4 Å². The van der Waals surface area contributed by atoms with Crippen molar-refractivity contribution < 1.29 is 0 Å². The van der Waals surface area contributed by atoms with E-state index >= 15 is 0 Å². The van der Waals surface area contributed by atoms with Crippen molar-refractivity contribution in [3.8, 4) is 0 Å². The van der Waals surface area contributed by atoms with E-state index in [1.54, 1.807) is 0 Å². The first-order chi connectivity index (χ1) is 7.20. The summed E-state index contributed by atoms with van der Waals surface area (Å²) in [5.41, 5.74) is 7.50. The van der Waals surface area contributed by atoms with Crippen molar-refractivity contribution in [2.75, 3.05) is 0 Å². The van der Waals surface area contributed by atoms with Gasteiger partial charge < -0.3 is 5.73 Å². The largest absolute Gasteiger partial charge is 0.327 e. The molecule has 0 aromatic heterocycles. The molecule has 2 heteroatoms. The van der Waals surface area contributed by atoms with Crippen molar-refractivity contribution in [3.63, 3.8) is 0 Å². The maximum absolute atomic E-state index is 6.21. The second kappa shape index (κ2) is 6.19. The van der Waals surface area contributed by atoms with Crippen molar-refractivity contribution in [1.82, 2.24) is 0 Å². The number of thiol groups is 1. The zero-order valence-corrected chi connectivity index (χ0v) is 10.5. The summed E-state index contributed by atoms with van der Waals surface area (Å²) in [6.07, 6.45) is 3.31. The van der Waals surface area contributed by atoms with Crippen LogP contribution in [-0.4, -0.2) is 6.04 Å². The lowest BCUT2D eigenvalue weighted by atomic mass is 9.87. The smallest absolute Gasteiger partial charge is 0.0108 e. The van der Waals surface area contributed by atoms with Gasteiger partial charge in [0.2, 0.25) is 0 Å². The first-order valence-corrected chi connectivity index (χ1v) is 6.18. The minimum absolute atomic E-state index is 0.258. The molecular formula is C13H21NS. The standard InChI is InChI=1S/C13H21NS/c1-3-7-12(14)10(4-2)11-8-5-6-9-13(11)15/h5-6,8-10,12,15H,3-4,7,14H2,1-2H3. The third-order valence-corrected chi connectivity index (χ3v) is 3.32. The molecule has 0 radical (unpaired) electrons. The van der Waals surface area contributed by atoms with Gasteiger partial charge in [-0.2, -0.15) is 0 Å². The molecule has 0 amide bonds. The van der Waals surface area contributed by atoms with Crippen molar-refractivity contribution in [2.45, 2.75) is 50.0 Å². The van der Waals surface area contributed by atoms with Gasteiger partial charge >= 0.3 is 0 Å². The molecule has 0 saturated heterocycles. The van der Waals surface area contributed by atoms with Gasteiger partial charge in [0.05, 0.1) is 0 Å². The Hall–Kier alpha value is -0.470. The van der Waals surface area contributed by atoms with E-state index in [2.05, 4.69) is 38.6 Å². The molecule has 2 unspecified atom stereocenters. The van der Waals surface area contributed by atoms with Gasteiger partial charge in [0.15, 0.2) is 0 Å². The summed E-state index contributed by atoms with van der Waals surface area (Å²) in [5, 5.41) is 0. The Morgan fingerprint density at radius 2 is 1.93 bits per heavy atom. The first kappa shape index (κ1) is 12.6. The number of benzene rings is 1. The summed E-state index contributed by atoms with van der Waals surface area (Å²) in [6, 6.07) is 8.53. The molecule has 15 heavy (non-hydrogen) atoms. The lowest BCUT2D eigenvalue weighted by Crippen LogP contribution is -2.28. The molecule has 0 aliphatic heterocycles. The normalized spacial score (nSPS) is 14.9. The molecule has 0 aliphatic rings. The lowest BCUT2D eigenvalue weighted by Gasteiger charge is -2.23. The Morgan fingerprint density at radius 1 is 1.27 bits per heavy atom. The van der Waals surface area contributed by atoms with Crippen molar-refractivity contribution >= 4 is 12.6 Å². The van der Waals surface area contributed by atoms with Crippen LogP contribution in [0.3, 0.4) is 0 Å². The molecule has 84 valence electrons. The summed E-state index contributed by atoms with van der Waals surface area (Å²) in [7, 11) is 0. The number of nitrogens with two attached hydrogens (primary N) is 1. The minimum atomic E-state index is 0.258. The Morgan fingerprint density at radius 3 is 2.47 bits per heavy atom. The average Bonchev–Trinajstić information content (AvgIpc) is 2.22. The molecule has 0 aliphatic carbocycles. The Kier molecular flexibility index (Phi) is 5.20. The zero-order chi connectivity index (χ0) is 11.3. The molecule has 1 aromatic carbocycles. The fourth-order valence-corrected chi connectivity index (χ4v) is 2.42. The van der Waals surface area contributed by atoms with E-state index in [1.807, 2.05) is 12.1 Å². The fourth-order valence-electron chi connectivity index (χ4n) is 2.09. The Bertz CT molecular complexity index is 298. The fraction of sp³-hybridized carbons (Fsp3) is 0.538. The van der Waals surface area contributed by atoms with Crippen LogP contribution < -0.4 is 5.73 Å². The zero-order valence-electron chi connectivity index (χ0n) is 9.61. The van der Waals surface area contributed by atoms with Gasteiger partial charge in [-0.15, -0.1) is 12.6 Å². The molecule has 0 bridgehead atoms. The molecule has 1 aromatic rings. The topological polar surface area (TPSA) is 26.0 Å². The quantitative estimate of drug-likeness (QED) is 0.733. The van der Waals surface area contributed by atoms with Crippen LogP contribution in [0.4, 0.5) is 0 Å². The molecule has 1 nitrogen and oxygen atoms in total. The highest BCUT2D eigenvalue weighted by Gasteiger charge is 2.18. The number of hydrogen-bond donors (Lipinski definition) is 2. The van der Waals surface area contributed by atoms with Crippen LogP contribution in [0.5, 0.6) is 0 Å². The predicted octanol–water partition coefficient (Wildman–Crippen LogP) is 3.60. The SMILES string of the molecule is CCCC(N)C(CC)c1ccccc1S. The monoisotopic (exact) mass is 223 g/mol. The molecular weight excluding hydrogens is 202 g/mol. The van der Waals surface area contributed by atoms with E-state index < -0.39 is 0 Å². The van der Waals surface area contributed by atoms with E-state index in [9.17, 15) is 0 Å². The van der Waals surface area contributed by atoms with Crippen LogP contribution in [0.1, 0.15) is 44.6 Å². The Labute approximate surface area is 98.5 Å². The number of rotatable bonds is 5. The second-order valence-corrected chi connectivity index (χ2v) is 4.51. The lowest BCUT2D eigenvalue weighted by molar-refractivity contribution is 0.478. The molecule has 0 spiro atoms. The highest BCUT2D eigenvalue weighted by atomic mass is 32.1. The second-order valence-electron chi connectivity index (χ2n) is 4.03. The van der Waals surface area contributed by atoms with E-state index in [1.165, 1.54) is 5.56 Å². The van der Waals surface area contributed by atoms with Crippen LogP contribution in [0.2, 0.25) is 0 Å². The maximum atomic E-state index is 6.21. The van der Waals surface area contributed by atoms with E-state index in [4.69, 9.17) is 5.73 Å². The summed E-state index contributed by atoms with van der Waals surface area (Å²) in [6.45, 7) is 4.37. The van der Waals surface area contributed by atoms with E-state index in [0.29, 0.717) is 5.92 Å². The third kappa shape index (κ3) is 3.25. The van der Waals surface area contributed by atoms with Crippen molar-refractivity contribution in [3.05, 3.63) is 29.8 Å². The Balaban J connectivity index is 2.87. The average molecular weight is 223 g/mol. The van der Waals surface area contributed by atoms with Gasteiger partial charge in [0.1, 0.15) is 0 Å². The van der Waals surface area contributed by atoms with Crippen LogP contribution >= 0.6 is 12.6 Å². The first-order valence-electron chi connectivity index (χ1n) is 5.74. The molecule has 2 atom stereocenters. The van der Waals surface area contributed by atoms with Crippen molar-refractivity contribution in [2.24, 2.45) is 5.73 Å². The predicted molar refractivity (Wildman–Crippen MR) is 69.6 cm³/mol. The third-order valence-electron chi connectivity index (χ3n) is 2.91. The number of hydrogen-bond acceptors (Lipinski definition) is 2. The molecule has 0 fully saturated rings.